The zero-order valence-corrected chi connectivity index (χ0v) is 19.6. The van der Waals surface area contributed by atoms with Gasteiger partial charge in [0.1, 0.15) is 5.75 Å². The fourth-order valence-electron chi connectivity index (χ4n) is 4.78. The smallest absolute Gasteiger partial charge is 0.224 e. The molecule has 33 heavy (non-hydrogen) atoms. The van der Waals surface area contributed by atoms with Crippen molar-refractivity contribution in [1.82, 2.24) is 4.90 Å². The maximum atomic E-state index is 12.6. The van der Waals surface area contributed by atoms with Gasteiger partial charge in [0, 0.05) is 36.8 Å². The first-order chi connectivity index (χ1) is 16.1. The molecular formula is C27H35N3O3. The zero-order valence-electron chi connectivity index (χ0n) is 19.6. The van der Waals surface area contributed by atoms with Crippen molar-refractivity contribution in [1.29, 1.82) is 0 Å². The lowest BCUT2D eigenvalue weighted by molar-refractivity contribution is -0.117. The number of hydrogen-bond acceptors (Lipinski definition) is 4. The Morgan fingerprint density at radius 1 is 1.12 bits per heavy atom. The first-order valence-electron chi connectivity index (χ1n) is 12.2. The number of rotatable bonds is 9. The van der Waals surface area contributed by atoms with Crippen LogP contribution in [0.3, 0.4) is 0 Å². The summed E-state index contributed by atoms with van der Waals surface area (Å²) in [5.74, 6) is 0.852. The number of ether oxygens (including phenoxy) is 1. The van der Waals surface area contributed by atoms with Crippen LogP contribution < -0.4 is 15.4 Å². The van der Waals surface area contributed by atoms with Gasteiger partial charge >= 0.3 is 0 Å². The van der Waals surface area contributed by atoms with Crippen LogP contribution in [-0.4, -0.2) is 36.4 Å². The van der Waals surface area contributed by atoms with E-state index in [2.05, 4.69) is 28.6 Å². The number of para-hydroxylation sites is 1. The van der Waals surface area contributed by atoms with Gasteiger partial charge in [-0.15, -0.1) is 0 Å². The molecule has 0 unspecified atom stereocenters. The van der Waals surface area contributed by atoms with Gasteiger partial charge < -0.3 is 15.4 Å². The molecule has 1 aliphatic heterocycles. The molecule has 2 aliphatic rings. The van der Waals surface area contributed by atoms with E-state index < -0.39 is 0 Å². The molecule has 2 amide bonds. The summed E-state index contributed by atoms with van der Waals surface area (Å²) in [6, 6.07) is 14.5. The average molecular weight is 450 g/mol. The SMILES string of the molecule is CN(Cc1ccccc1NC(=O)CCCOc1ccc2c(c1)CCC(=O)N2)C1CCCCC1. The first kappa shape index (κ1) is 23.3. The predicted octanol–water partition coefficient (Wildman–Crippen LogP) is 5.13. The summed E-state index contributed by atoms with van der Waals surface area (Å²) in [7, 11) is 2.20. The standard InChI is InChI=1S/C27H35N3O3/c1-30(22-9-3-2-4-10-22)19-21-8-5-6-11-24(21)28-26(31)12-7-17-33-23-14-15-25-20(18-23)13-16-27(32)29-25/h5-6,8,11,14-15,18,22H,2-4,7,9-10,12-13,16-17,19H2,1H3,(H,28,31)(H,29,32). The molecule has 0 saturated heterocycles. The van der Waals surface area contributed by atoms with Crippen LogP contribution in [0.1, 0.15) is 62.5 Å². The molecule has 2 N–H and O–H groups in total. The van der Waals surface area contributed by atoms with E-state index >= 15 is 0 Å². The number of nitrogens with zero attached hydrogens (tertiary/aromatic N) is 1. The van der Waals surface area contributed by atoms with Gasteiger partial charge in [-0.25, -0.2) is 0 Å². The minimum absolute atomic E-state index is 0.0134. The molecule has 1 heterocycles. The second-order valence-corrected chi connectivity index (χ2v) is 9.23. The minimum Gasteiger partial charge on any atom is -0.494 e. The third-order valence-corrected chi connectivity index (χ3v) is 6.70. The first-order valence-corrected chi connectivity index (χ1v) is 12.2. The molecule has 1 fully saturated rings. The maximum Gasteiger partial charge on any atom is 0.224 e. The molecule has 0 spiro atoms. The third-order valence-electron chi connectivity index (χ3n) is 6.70. The van der Waals surface area contributed by atoms with Gasteiger partial charge in [0.05, 0.1) is 6.61 Å². The van der Waals surface area contributed by atoms with Gasteiger partial charge in [-0.1, -0.05) is 37.5 Å². The number of benzene rings is 2. The highest BCUT2D eigenvalue weighted by molar-refractivity contribution is 5.94. The second kappa shape index (κ2) is 11.3. The Morgan fingerprint density at radius 3 is 2.79 bits per heavy atom. The van der Waals surface area contributed by atoms with E-state index in [4.69, 9.17) is 4.74 Å². The number of nitrogens with one attached hydrogen (secondary N) is 2. The second-order valence-electron chi connectivity index (χ2n) is 9.23. The van der Waals surface area contributed by atoms with E-state index in [1.54, 1.807) is 0 Å². The van der Waals surface area contributed by atoms with Crippen molar-refractivity contribution >= 4 is 23.2 Å². The molecule has 6 heteroatoms. The molecule has 0 bridgehead atoms. The Morgan fingerprint density at radius 2 is 1.94 bits per heavy atom. The largest absolute Gasteiger partial charge is 0.494 e. The number of amides is 2. The fourth-order valence-corrected chi connectivity index (χ4v) is 4.78. The van der Waals surface area contributed by atoms with Crippen LogP contribution in [0, 0.1) is 0 Å². The predicted molar refractivity (Wildman–Crippen MR) is 132 cm³/mol. The van der Waals surface area contributed by atoms with Crippen LogP contribution in [0.15, 0.2) is 42.5 Å². The van der Waals surface area contributed by atoms with Crippen LogP contribution in [0.2, 0.25) is 0 Å². The van der Waals surface area contributed by atoms with Crippen molar-refractivity contribution in [3.8, 4) is 5.75 Å². The Kier molecular flexibility index (Phi) is 8.00. The summed E-state index contributed by atoms with van der Waals surface area (Å²) >= 11 is 0. The molecular weight excluding hydrogens is 414 g/mol. The molecule has 1 saturated carbocycles. The van der Waals surface area contributed by atoms with E-state index in [0.717, 1.165) is 41.2 Å². The number of fused-ring (bicyclic) bond motifs is 1. The van der Waals surface area contributed by atoms with Gasteiger partial charge in [-0.2, -0.15) is 0 Å². The lowest BCUT2D eigenvalue weighted by Gasteiger charge is -2.31. The number of carbonyl (C=O) groups excluding carboxylic acids is 2. The Balaban J connectivity index is 1.23. The van der Waals surface area contributed by atoms with Crippen molar-refractivity contribution in [2.24, 2.45) is 0 Å². The highest BCUT2D eigenvalue weighted by Gasteiger charge is 2.19. The normalized spacial score (nSPS) is 16.2. The highest BCUT2D eigenvalue weighted by atomic mass is 16.5. The summed E-state index contributed by atoms with van der Waals surface area (Å²) in [6.45, 7) is 1.33. The Hall–Kier alpha value is -2.86. The van der Waals surface area contributed by atoms with Crippen molar-refractivity contribution in [2.45, 2.75) is 70.4 Å². The summed E-state index contributed by atoms with van der Waals surface area (Å²) in [4.78, 5) is 26.5. The lowest BCUT2D eigenvalue weighted by atomic mass is 9.94. The molecule has 2 aromatic rings. The maximum absolute atomic E-state index is 12.6. The summed E-state index contributed by atoms with van der Waals surface area (Å²) in [6.07, 6.45) is 8.82. The van der Waals surface area contributed by atoms with Crippen molar-refractivity contribution < 1.29 is 14.3 Å². The van der Waals surface area contributed by atoms with E-state index in [1.807, 2.05) is 36.4 Å². The van der Waals surface area contributed by atoms with Crippen LogP contribution >= 0.6 is 0 Å². The van der Waals surface area contributed by atoms with E-state index in [9.17, 15) is 9.59 Å². The Bertz CT molecular complexity index is 969. The quantitative estimate of drug-likeness (QED) is 0.521. The number of hydrogen-bond donors (Lipinski definition) is 2. The average Bonchev–Trinajstić information content (AvgIpc) is 2.83. The third kappa shape index (κ3) is 6.57. The number of carbonyl (C=O) groups is 2. The molecule has 6 nitrogen and oxygen atoms in total. The molecule has 0 aromatic heterocycles. The van der Waals surface area contributed by atoms with Gasteiger partial charge in [0.15, 0.2) is 0 Å². The minimum atomic E-state index is 0.0134. The van der Waals surface area contributed by atoms with E-state index in [1.165, 1.54) is 32.1 Å². The highest BCUT2D eigenvalue weighted by Crippen LogP contribution is 2.27. The van der Waals surface area contributed by atoms with Crippen LogP contribution in [0.4, 0.5) is 11.4 Å². The number of aryl methyl sites for hydroxylation is 1. The van der Waals surface area contributed by atoms with Crippen molar-refractivity contribution in [3.05, 3.63) is 53.6 Å². The monoisotopic (exact) mass is 449 g/mol. The van der Waals surface area contributed by atoms with Gasteiger partial charge in [-0.05, 0) is 68.1 Å². The van der Waals surface area contributed by atoms with Gasteiger partial charge in [0.25, 0.3) is 0 Å². The molecule has 0 atom stereocenters. The van der Waals surface area contributed by atoms with E-state index in [-0.39, 0.29) is 11.8 Å². The topological polar surface area (TPSA) is 70.7 Å². The summed E-state index contributed by atoms with van der Waals surface area (Å²) in [5, 5.41) is 5.98. The van der Waals surface area contributed by atoms with Gasteiger partial charge in [-0.3, -0.25) is 14.5 Å². The zero-order chi connectivity index (χ0) is 23.0. The van der Waals surface area contributed by atoms with Crippen LogP contribution in [-0.2, 0) is 22.6 Å². The lowest BCUT2D eigenvalue weighted by Crippen LogP contribution is -2.33. The van der Waals surface area contributed by atoms with Crippen molar-refractivity contribution in [2.75, 3.05) is 24.3 Å². The molecule has 1 aliphatic carbocycles. The van der Waals surface area contributed by atoms with Gasteiger partial charge in [0.2, 0.25) is 11.8 Å². The number of anilines is 2. The van der Waals surface area contributed by atoms with Crippen LogP contribution in [0.25, 0.3) is 0 Å². The Labute approximate surface area is 196 Å². The van der Waals surface area contributed by atoms with Crippen LogP contribution in [0.5, 0.6) is 5.75 Å². The fraction of sp³-hybridized carbons (Fsp3) is 0.481. The summed E-state index contributed by atoms with van der Waals surface area (Å²) in [5.41, 5.74) is 4.03. The summed E-state index contributed by atoms with van der Waals surface area (Å²) < 4.78 is 5.84. The molecule has 0 radical (unpaired) electrons. The molecule has 176 valence electrons. The molecule has 2 aromatic carbocycles. The van der Waals surface area contributed by atoms with Crippen molar-refractivity contribution in [3.63, 3.8) is 0 Å². The van der Waals surface area contributed by atoms with E-state index in [0.29, 0.717) is 31.9 Å². The molecule has 4 rings (SSSR count).